The van der Waals surface area contributed by atoms with Crippen LogP contribution in [0, 0.1) is 0 Å². The number of morpholine rings is 1. The third-order valence-electron chi connectivity index (χ3n) is 4.27. The summed E-state index contributed by atoms with van der Waals surface area (Å²) in [6.45, 7) is 2.45. The van der Waals surface area contributed by atoms with E-state index in [1.807, 2.05) is 12.1 Å². The van der Waals surface area contributed by atoms with E-state index in [0.29, 0.717) is 39.4 Å². The average molecular weight is 488 g/mol. The lowest BCUT2D eigenvalue weighted by atomic mass is 10.2. The number of nitrogens with zero attached hydrogens (tertiary/aromatic N) is 1. The van der Waals surface area contributed by atoms with Crippen LogP contribution in [-0.2, 0) is 27.7 Å². The zero-order valence-corrected chi connectivity index (χ0v) is 18.4. The topological polar surface area (TPSA) is 87.7 Å². The van der Waals surface area contributed by atoms with Gasteiger partial charge in [0.2, 0.25) is 10.0 Å². The van der Waals surface area contributed by atoms with Gasteiger partial charge in [0.1, 0.15) is 0 Å². The summed E-state index contributed by atoms with van der Waals surface area (Å²) in [5.74, 6) is 0. The van der Waals surface area contributed by atoms with Gasteiger partial charge in [-0.25, -0.2) is 13.2 Å². The highest BCUT2D eigenvalue weighted by atomic mass is 79.9. The molecule has 1 aromatic heterocycles. The second-order valence-corrected chi connectivity index (χ2v) is 10.7. The van der Waals surface area contributed by atoms with Gasteiger partial charge < -0.3 is 15.4 Å². The van der Waals surface area contributed by atoms with Crippen molar-refractivity contribution in [3.8, 4) is 0 Å². The van der Waals surface area contributed by atoms with Crippen LogP contribution in [0.5, 0.6) is 0 Å². The number of hydrogen-bond acceptors (Lipinski definition) is 5. The maximum absolute atomic E-state index is 12.6. The SMILES string of the molecule is O=C(NCCc1ccc(Br)s1)NCc1ccc(S(=O)(=O)N2CCOCC2)cc1. The first-order valence-corrected chi connectivity index (χ1v) is 11.9. The molecule has 1 saturated heterocycles. The number of amides is 2. The lowest BCUT2D eigenvalue weighted by Crippen LogP contribution is -2.40. The van der Waals surface area contributed by atoms with Gasteiger partial charge >= 0.3 is 6.03 Å². The molecule has 0 spiro atoms. The van der Waals surface area contributed by atoms with Crippen molar-refractivity contribution in [1.29, 1.82) is 0 Å². The molecule has 0 aliphatic carbocycles. The standard InChI is InChI=1S/C18H22BrN3O4S2/c19-17-6-3-15(27-17)7-8-20-18(23)21-13-14-1-4-16(5-2-14)28(24,25)22-9-11-26-12-10-22/h1-6H,7-13H2,(H2,20,21,23). The molecular weight excluding hydrogens is 466 g/mol. The first kappa shape index (κ1) is 21.3. The van der Waals surface area contributed by atoms with Crippen LogP contribution in [0.3, 0.4) is 0 Å². The number of halogens is 1. The van der Waals surface area contributed by atoms with Gasteiger partial charge in [0.05, 0.1) is 21.9 Å². The molecule has 0 atom stereocenters. The van der Waals surface area contributed by atoms with Crippen LogP contribution >= 0.6 is 27.3 Å². The van der Waals surface area contributed by atoms with Gasteiger partial charge in [0.25, 0.3) is 0 Å². The molecule has 2 heterocycles. The first-order chi connectivity index (χ1) is 13.4. The highest BCUT2D eigenvalue weighted by Gasteiger charge is 2.26. The van der Waals surface area contributed by atoms with Crippen LogP contribution < -0.4 is 10.6 Å². The largest absolute Gasteiger partial charge is 0.379 e. The number of nitrogens with one attached hydrogen (secondary N) is 2. The Labute approximate surface area is 177 Å². The summed E-state index contributed by atoms with van der Waals surface area (Å²) in [6, 6.07) is 10.4. The smallest absolute Gasteiger partial charge is 0.315 e. The van der Waals surface area contributed by atoms with Crippen LogP contribution in [0.1, 0.15) is 10.4 Å². The Morgan fingerprint density at radius 3 is 2.46 bits per heavy atom. The van der Waals surface area contributed by atoms with E-state index in [4.69, 9.17) is 4.74 Å². The zero-order chi connectivity index (χ0) is 20.0. The molecule has 28 heavy (non-hydrogen) atoms. The maximum atomic E-state index is 12.6. The second-order valence-electron chi connectivity index (χ2n) is 6.23. The first-order valence-electron chi connectivity index (χ1n) is 8.88. The van der Waals surface area contributed by atoms with Gasteiger partial charge in [-0.3, -0.25) is 0 Å². The van der Waals surface area contributed by atoms with Crippen molar-refractivity contribution < 1.29 is 17.9 Å². The maximum Gasteiger partial charge on any atom is 0.315 e. The molecule has 1 aliphatic rings. The average Bonchev–Trinajstić information content (AvgIpc) is 3.12. The minimum Gasteiger partial charge on any atom is -0.379 e. The molecule has 0 radical (unpaired) electrons. The number of benzene rings is 1. The lowest BCUT2D eigenvalue weighted by molar-refractivity contribution is 0.0730. The van der Waals surface area contributed by atoms with E-state index in [2.05, 4.69) is 26.6 Å². The third kappa shape index (κ3) is 5.77. The van der Waals surface area contributed by atoms with Crippen molar-refractivity contribution in [3.63, 3.8) is 0 Å². The van der Waals surface area contributed by atoms with E-state index in [0.717, 1.165) is 15.8 Å². The minimum atomic E-state index is -3.50. The zero-order valence-electron chi connectivity index (χ0n) is 15.2. The lowest BCUT2D eigenvalue weighted by Gasteiger charge is -2.26. The summed E-state index contributed by atoms with van der Waals surface area (Å²) >= 11 is 5.06. The molecule has 152 valence electrons. The monoisotopic (exact) mass is 487 g/mol. The number of carbonyl (C=O) groups is 1. The van der Waals surface area contributed by atoms with Gasteiger partial charge in [-0.2, -0.15) is 4.31 Å². The predicted octanol–water partition coefficient (Wildman–Crippen LogP) is 2.57. The number of sulfonamides is 1. The fourth-order valence-electron chi connectivity index (χ4n) is 2.75. The number of urea groups is 1. The Hall–Kier alpha value is -1.46. The number of carbonyl (C=O) groups excluding carboxylic acids is 1. The Morgan fingerprint density at radius 1 is 1.11 bits per heavy atom. The third-order valence-corrected chi connectivity index (χ3v) is 7.87. The molecule has 3 rings (SSSR count). The van der Waals surface area contributed by atoms with E-state index in [1.165, 1.54) is 9.18 Å². The molecular formula is C18H22BrN3O4S2. The van der Waals surface area contributed by atoms with Crippen molar-refractivity contribution in [2.75, 3.05) is 32.8 Å². The van der Waals surface area contributed by atoms with Gasteiger partial charge in [-0.1, -0.05) is 12.1 Å². The second kappa shape index (κ2) is 9.84. The summed E-state index contributed by atoms with van der Waals surface area (Å²) in [5.41, 5.74) is 0.832. The number of ether oxygens (including phenoxy) is 1. The van der Waals surface area contributed by atoms with Gasteiger partial charge in [-0.05, 0) is 52.2 Å². The minimum absolute atomic E-state index is 0.249. The Bertz CT molecular complexity index is 894. The van der Waals surface area contributed by atoms with Crippen LogP contribution in [0.4, 0.5) is 4.79 Å². The quantitative estimate of drug-likeness (QED) is 0.627. The number of hydrogen-bond donors (Lipinski definition) is 2. The van der Waals surface area contributed by atoms with E-state index in [9.17, 15) is 13.2 Å². The van der Waals surface area contributed by atoms with Crippen LogP contribution in [0.25, 0.3) is 0 Å². The van der Waals surface area contributed by atoms with Crippen LogP contribution in [0.15, 0.2) is 45.1 Å². The van der Waals surface area contributed by atoms with Crippen molar-refractivity contribution >= 4 is 43.3 Å². The fraction of sp³-hybridized carbons (Fsp3) is 0.389. The summed E-state index contributed by atoms with van der Waals surface area (Å²) in [5, 5.41) is 5.60. The molecule has 10 heteroatoms. The van der Waals surface area contributed by atoms with E-state index >= 15 is 0 Å². The molecule has 0 unspecified atom stereocenters. The normalized spacial score (nSPS) is 15.3. The van der Waals surface area contributed by atoms with Crippen LogP contribution in [-0.4, -0.2) is 51.6 Å². The highest BCUT2D eigenvalue weighted by molar-refractivity contribution is 9.11. The van der Waals surface area contributed by atoms with Gasteiger partial charge in [0, 0.05) is 31.1 Å². The summed E-state index contributed by atoms with van der Waals surface area (Å²) in [6.07, 6.45) is 0.776. The van der Waals surface area contributed by atoms with Crippen molar-refractivity contribution in [2.45, 2.75) is 17.9 Å². The van der Waals surface area contributed by atoms with E-state index in [1.54, 1.807) is 35.6 Å². The van der Waals surface area contributed by atoms with E-state index in [-0.39, 0.29) is 10.9 Å². The van der Waals surface area contributed by atoms with Crippen molar-refractivity contribution in [2.24, 2.45) is 0 Å². The van der Waals surface area contributed by atoms with Crippen molar-refractivity contribution in [1.82, 2.24) is 14.9 Å². The van der Waals surface area contributed by atoms with E-state index < -0.39 is 10.0 Å². The Morgan fingerprint density at radius 2 is 1.82 bits per heavy atom. The molecule has 1 aromatic carbocycles. The molecule has 2 N–H and O–H groups in total. The summed E-state index contributed by atoms with van der Waals surface area (Å²) in [4.78, 5) is 13.4. The molecule has 1 aliphatic heterocycles. The highest BCUT2D eigenvalue weighted by Crippen LogP contribution is 2.22. The molecule has 0 saturated carbocycles. The Kier molecular flexibility index (Phi) is 7.47. The Balaban J connectivity index is 1.45. The molecule has 2 amide bonds. The fourth-order valence-corrected chi connectivity index (χ4v) is 5.64. The van der Waals surface area contributed by atoms with Gasteiger partial charge in [0.15, 0.2) is 0 Å². The summed E-state index contributed by atoms with van der Waals surface area (Å²) < 4.78 is 32.9. The molecule has 1 fully saturated rings. The van der Waals surface area contributed by atoms with Gasteiger partial charge in [-0.15, -0.1) is 11.3 Å². The molecule has 7 nitrogen and oxygen atoms in total. The number of rotatable bonds is 7. The predicted molar refractivity (Wildman–Crippen MR) is 112 cm³/mol. The van der Waals surface area contributed by atoms with Crippen LogP contribution in [0.2, 0.25) is 0 Å². The van der Waals surface area contributed by atoms with Crippen molar-refractivity contribution in [3.05, 3.63) is 50.6 Å². The molecule has 2 aromatic rings. The summed E-state index contributed by atoms with van der Waals surface area (Å²) in [7, 11) is -3.50. The number of thiophene rings is 1. The molecule has 0 bridgehead atoms.